The third-order valence-electron chi connectivity index (χ3n) is 7.65. The number of ether oxygens (including phenoxy) is 2. The first-order chi connectivity index (χ1) is 23.4. The second kappa shape index (κ2) is 14.7. The predicted molar refractivity (Wildman–Crippen MR) is 195 cm³/mol. The summed E-state index contributed by atoms with van der Waals surface area (Å²) in [5.74, 6) is -0.387. The minimum Gasteiger partial charge on any atom is -0.491 e. The minimum absolute atomic E-state index is 0.0606. The van der Waals surface area contributed by atoms with Crippen molar-refractivity contribution in [1.82, 2.24) is 9.13 Å². The number of nitrogens with two attached hydrogens (primary N) is 1. The lowest BCUT2D eigenvalue weighted by Crippen LogP contribution is -2.24. The van der Waals surface area contributed by atoms with Crippen LogP contribution in [0, 0.1) is 0 Å². The van der Waals surface area contributed by atoms with Crippen LogP contribution in [-0.4, -0.2) is 40.8 Å². The van der Waals surface area contributed by atoms with Gasteiger partial charge in [-0.15, -0.1) is 22.7 Å². The van der Waals surface area contributed by atoms with E-state index in [4.69, 9.17) is 15.2 Å². The largest absolute Gasteiger partial charge is 0.491 e. The van der Waals surface area contributed by atoms with Crippen LogP contribution in [0.4, 0.5) is 11.4 Å². The molecule has 4 aromatic heterocycles. The van der Waals surface area contributed by atoms with E-state index in [1.165, 1.54) is 57.7 Å². The summed E-state index contributed by atoms with van der Waals surface area (Å²) in [5.41, 5.74) is 10.3. The smallest absolute Gasteiger partial charge is 0.294 e. The fourth-order valence-corrected chi connectivity index (χ4v) is 7.60. The van der Waals surface area contributed by atoms with Gasteiger partial charge in [-0.2, -0.15) is 0 Å². The number of carbonyl (C=O) groups excluding carboxylic acids is 3. The Hall–Kier alpha value is -5.53. The molecule has 0 aliphatic carbocycles. The summed E-state index contributed by atoms with van der Waals surface area (Å²) in [5, 5.41) is 6.45. The number of nitrogen functional groups attached to an aromatic ring is 1. The number of ketones is 2. The standard InChI is InChI=1S/C19H18N2O4S.C17H16N2O3S/c1-11(22)16-17(25-3)19(24)21(15-7-8-26-18(15)16)10-13-5-4-6-14(9-13)20-12(2)23;1-10(20)14-15(22-2)17(21)19(13-6-7-23-16(13)14)9-11-4-3-5-12(18)8-11/h4-9H,10H2,1-3H3,(H,20,23);3-8H,9,18H2,1-2H3. The maximum absolute atomic E-state index is 12.9. The number of carbonyl (C=O) groups is 3. The van der Waals surface area contributed by atoms with Crippen LogP contribution < -0.4 is 31.6 Å². The zero-order valence-electron chi connectivity index (χ0n) is 27.5. The summed E-state index contributed by atoms with van der Waals surface area (Å²) in [7, 11) is 2.80. The average molecular weight is 699 g/mol. The lowest BCUT2D eigenvalue weighted by molar-refractivity contribution is -0.114. The molecule has 49 heavy (non-hydrogen) atoms. The number of anilines is 2. The maximum Gasteiger partial charge on any atom is 0.294 e. The van der Waals surface area contributed by atoms with Gasteiger partial charge >= 0.3 is 0 Å². The molecule has 11 nitrogen and oxygen atoms in total. The third kappa shape index (κ3) is 7.17. The van der Waals surface area contributed by atoms with Gasteiger partial charge in [-0.05, 0) is 72.1 Å². The Morgan fingerprint density at radius 2 is 1.18 bits per heavy atom. The number of amides is 1. The minimum atomic E-state index is -0.353. The van der Waals surface area contributed by atoms with Crippen molar-refractivity contribution in [2.24, 2.45) is 0 Å². The number of benzene rings is 2. The summed E-state index contributed by atoms with van der Waals surface area (Å²) in [6, 6.07) is 18.4. The van der Waals surface area contributed by atoms with Gasteiger partial charge in [-0.25, -0.2) is 0 Å². The number of methoxy groups -OCH3 is 2. The summed E-state index contributed by atoms with van der Waals surface area (Å²) in [6.45, 7) is 4.98. The number of rotatable bonds is 9. The monoisotopic (exact) mass is 698 g/mol. The molecule has 13 heteroatoms. The van der Waals surface area contributed by atoms with Crippen LogP contribution >= 0.6 is 22.7 Å². The molecule has 0 saturated carbocycles. The molecule has 252 valence electrons. The quantitative estimate of drug-likeness (QED) is 0.134. The van der Waals surface area contributed by atoms with E-state index in [9.17, 15) is 24.0 Å². The highest BCUT2D eigenvalue weighted by molar-refractivity contribution is 7.18. The Labute approximate surface area is 289 Å². The van der Waals surface area contributed by atoms with Gasteiger partial charge in [0.15, 0.2) is 23.1 Å². The molecule has 0 radical (unpaired) electrons. The lowest BCUT2D eigenvalue weighted by Gasteiger charge is -2.14. The van der Waals surface area contributed by atoms with E-state index in [0.29, 0.717) is 41.1 Å². The average Bonchev–Trinajstić information content (AvgIpc) is 3.73. The predicted octanol–water partition coefficient (Wildman–Crippen LogP) is 6.19. The van der Waals surface area contributed by atoms with Crippen LogP contribution in [0.25, 0.3) is 20.4 Å². The van der Waals surface area contributed by atoms with Crippen LogP contribution in [0.15, 0.2) is 81.0 Å². The van der Waals surface area contributed by atoms with Gasteiger partial charge in [0.1, 0.15) is 0 Å². The van der Waals surface area contributed by atoms with E-state index in [2.05, 4.69) is 5.32 Å². The SMILES string of the molecule is COc1c(C(C)=O)c2sccc2n(Cc2cccc(N)c2)c1=O.COc1c(C(C)=O)c2sccc2n(Cc2cccc(NC(C)=O)c2)c1=O. The molecule has 0 spiro atoms. The summed E-state index contributed by atoms with van der Waals surface area (Å²) >= 11 is 2.82. The number of fused-ring (bicyclic) bond motifs is 2. The molecule has 1 amide bonds. The molecule has 4 heterocycles. The summed E-state index contributed by atoms with van der Waals surface area (Å²) in [4.78, 5) is 61.0. The van der Waals surface area contributed by atoms with Crippen LogP contribution in [0.1, 0.15) is 52.6 Å². The van der Waals surface area contributed by atoms with E-state index < -0.39 is 0 Å². The summed E-state index contributed by atoms with van der Waals surface area (Å²) in [6.07, 6.45) is 0. The van der Waals surface area contributed by atoms with Crippen molar-refractivity contribution in [3.63, 3.8) is 0 Å². The molecule has 6 aromatic rings. The Bertz CT molecular complexity index is 2350. The van der Waals surface area contributed by atoms with Crippen LogP contribution in [0.3, 0.4) is 0 Å². The number of hydrogen-bond donors (Lipinski definition) is 2. The van der Waals surface area contributed by atoms with E-state index in [1.54, 1.807) is 21.3 Å². The van der Waals surface area contributed by atoms with Crippen LogP contribution in [-0.2, 0) is 17.9 Å². The number of pyridine rings is 2. The van der Waals surface area contributed by atoms with E-state index >= 15 is 0 Å². The molecule has 0 atom stereocenters. The number of thiophene rings is 2. The highest BCUT2D eigenvalue weighted by atomic mass is 32.1. The van der Waals surface area contributed by atoms with Gasteiger partial charge in [-0.1, -0.05) is 24.3 Å². The Kier molecular flexibility index (Phi) is 10.4. The second-order valence-electron chi connectivity index (χ2n) is 11.1. The molecular formula is C36H34N4O7S2. The molecule has 0 aliphatic rings. The van der Waals surface area contributed by atoms with Crippen molar-refractivity contribution in [3.05, 3.63) is 114 Å². The molecule has 0 saturated heterocycles. The fourth-order valence-electron chi connectivity index (χ4n) is 5.63. The lowest BCUT2D eigenvalue weighted by atomic mass is 10.1. The number of nitrogens with one attached hydrogen (secondary N) is 1. The van der Waals surface area contributed by atoms with Crippen molar-refractivity contribution in [3.8, 4) is 11.5 Å². The van der Waals surface area contributed by atoms with Crippen molar-refractivity contribution >= 4 is 72.0 Å². The number of nitrogens with zero attached hydrogens (tertiary/aromatic N) is 2. The Balaban J connectivity index is 0.000000192. The normalized spacial score (nSPS) is 10.8. The number of aromatic nitrogens is 2. The fraction of sp³-hybridized carbons (Fsp3) is 0.194. The van der Waals surface area contributed by atoms with Crippen molar-refractivity contribution in [2.45, 2.75) is 33.9 Å². The summed E-state index contributed by atoms with van der Waals surface area (Å²) < 4.78 is 15.2. The molecule has 6 rings (SSSR count). The van der Waals surface area contributed by atoms with Gasteiger partial charge in [0.25, 0.3) is 11.1 Å². The highest BCUT2D eigenvalue weighted by Crippen LogP contribution is 2.31. The van der Waals surface area contributed by atoms with Crippen LogP contribution in [0.2, 0.25) is 0 Å². The Morgan fingerprint density at radius 1 is 0.714 bits per heavy atom. The first-order valence-corrected chi connectivity index (χ1v) is 16.8. The van der Waals surface area contributed by atoms with Crippen molar-refractivity contribution < 1.29 is 23.9 Å². The van der Waals surface area contributed by atoms with Gasteiger partial charge < -0.3 is 20.5 Å². The van der Waals surface area contributed by atoms with E-state index in [-0.39, 0.29) is 40.1 Å². The van der Waals surface area contributed by atoms with E-state index in [1.807, 2.05) is 59.3 Å². The number of Topliss-reactive ketones (excluding diaryl/α,β-unsaturated/α-hetero) is 2. The molecule has 0 fully saturated rings. The first-order valence-electron chi connectivity index (χ1n) is 15.0. The maximum atomic E-state index is 12.9. The molecular weight excluding hydrogens is 665 g/mol. The van der Waals surface area contributed by atoms with Crippen molar-refractivity contribution in [1.29, 1.82) is 0 Å². The molecule has 0 bridgehead atoms. The Morgan fingerprint density at radius 3 is 1.61 bits per heavy atom. The van der Waals surface area contributed by atoms with Gasteiger partial charge in [0.2, 0.25) is 5.91 Å². The van der Waals surface area contributed by atoms with E-state index in [0.717, 1.165) is 26.0 Å². The molecule has 0 aliphatic heterocycles. The first kappa shape index (κ1) is 34.8. The van der Waals surface area contributed by atoms with Crippen molar-refractivity contribution in [2.75, 3.05) is 25.3 Å². The van der Waals surface area contributed by atoms with Gasteiger partial charge in [0.05, 0.1) is 58.9 Å². The molecule has 0 unspecified atom stereocenters. The highest BCUT2D eigenvalue weighted by Gasteiger charge is 2.23. The topological polar surface area (TPSA) is 152 Å². The molecule has 2 aromatic carbocycles. The van der Waals surface area contributed by atoms with Gasteiger partial charge in [0, 0.05) is 18.3 Å². The zero-order chi connectivity index (χ0) is 35.4. The molecule has 3 N–H and O–H groups in total. The van der Waals surface area contributed by atoms with Crippen LogP contribution in [0.5, 0.6) is 11.5 Å². The number of hydrogen-bond acceptors (Lipinski definition) is 10. The second-order valence-corrected chi connectivity index (χ2v) is 12.9. The van der Waals surface area contributed by atoms with Gasteiger partial charge in [-0.3, -0.25) is 33.1 Å². The zero-order valence-corrected chi connectivity index (χ0v) is 29.1. The third-order valence-corrected chi connectivity index (χ3v) is 9.49.